The summed E-state index contributed by atoms with van der Waals surface area (Å²) >= 11 is 1.38. The molecule has 1 saturated heterocycles. The molecule has 3 N–H and O–H groups in total. The lowest BCUT2D eigenvalue weighted by molar-refractivity contribution is -0.149. The number of piperidine rings is 1. The molecular weight excluding hydrogens is 530 g/mol. The van der Waals surface area contributed by atoms with Gasteiger partial charge in [-0.05, 0) is 57.4 Å². The van der Waals surface area contributed by atoms with Crippen molar-refractivity contribution in [3.8, 4) is 28.1 Å². The largest absolute Gasteiger partial charge is 0.494 e. The van der Waals surface area contributed by atoms with Gasteiger partial charge in [-0.1, -0.05) is 11.3 Å². The van der Waals surface area contributed by atoms with Crippen LogP contribution in [0.5, 0.6) is 5.75 Å². The number of aliphatic carboxylic acids is 1. The van der Waals surface area contributed by atoms with Crippen LogP contribution in [0.4, 0.5) is 15.9 Å². The van der Waals surface area contributed by atoms with Gasteiger partial charge in [0.2, 0.25) is 5.95 Å². The van der Waals surface area contributed by atoms with Crippen LogP contribution in [0.3, 0.4) is 0 Å². The van der Waals surface area contributed by atoms with Gasteiger partial charge < -0.3 is 20.1 Å². The number of carboxylic acids is 1. The number of hydrogen-bond acceptors (Lipinski definition) is 9. The first-order valence-corrected chi connectivity index (χ1v) is 14.0. The third-order valence-corrected chi connectivity index (χ3v) is 8.02. The summed E-state index contributed by atoms with van der Waals surface area (Å²) in [6.45, 7) is 7.78. The van der Waals surface area contributed by atoms with Crippen molar-refractivity contribution in [1.29, 1.82) is 0 Å². The monoisotopic (exact) mass is 561 g/mol. The number of carbonyl (C=O) groups is 2. The fraction of sp³-hybridized carbons (Fsp3) is 0.357. The van der Waals surface area contributed by atoms with Gasteiger partial charge in [0.25, 0.3) is 0 Å². The second kappa shape index (κ2) is 11.4. The highest BCUT2D eigenvalue weighted by atomic mass is 32.1. The molecule has 0 saturated carbocycles. The van der Waals surface area contributed by atoms with Crippen LogP contribution in [0, 0.1) is 5.41 Å². The molecule has 0 radical (unpaired) electrons. The number of aromatic nitrogens is 4. The minimum atomic E-state index is -0.762. The lowest BCUT2D eigenvalue weighted by Gasteiger charge is -2.36. The van der Waals surface area contributed by atoms with Crippen LogP contribution < -0.4 is 20.3 Å². The van der Waals surface area contributed by atoms with Crippen molar-refractivity contribution in [3.63, 3.8) is 0 Å². The average molecular weight is 562 g/mol. The average Bonchev–Trinajstić information content (AvgIpc) is 3.35. The van der Waals surface area contributed by atoms with Crippen LogP contribution in [0.25, 0.3) is 32.6 Å². The molecule has 0 bridgehead atoms. The molecule has 2 amide bonds. The Morgan fingerprint density at radius 2 is 1.85 bits per heavy atom. The highest BCUT2D eigenvalue weighted by Crippen LogP contribution is 2.39. The van der Waals surface area contributed by atoms with Gasteiger partial charge in [-0.2, -0.15) is 0 Å². The topological polar surface area (TPSA) is 142 Å². The zero-order valence-corrected chi connectivity index (χ0v) is 23.4. The smallest absolute Gasteiger partial charge is 0.321 e. The molecule has 208 valence electrons. The number of anilines is 2. The lowest BCUT2D eigenvalue weighted by Crippen LogP contribution is -2.43. The molecule has 3 aromatic heterocycles. The van der Waals surface area contributed by atoms with Crippen molar-refractivity contribution < 1.29 is 19.4 Å². The number of nitrogens with zero attached hydrogens (tertiary/aromatic N) is 5. The van der Waals surface area contributed by atoms with Gasteiger partial charge in [-0.3, -0.25) is 15.1 Å². The molecule has 12 heteroatoms. The maximum Gasteiger partial charge on any atom is 0.321 e. The lowest BCUT2D eigenvalue weighted by atomic mass is 9.80. The first-order valence-electron chi connectivity index (χ1n) is 13.2. The van der Waals surface area contributed by atoms with Crippen molar-refractivity contribution in [3.05, 3.63) is 42.9 Å². The highest BCUT2D eigenvalue weighted by molar-refractivity contribution is 7.22. The molecule has 0 atom stereocenters. The molecule has 1 aliphatic rings. The van der Waals surface area contributed by atoms with Crippen LogP contribution in [0.15, 0.2) is 42.9 Å². The first-order chi connectivity index (χ1) is 19.3. The van der Waals surface area contributed by atoms with Crippen molar-refractivity contribution in [2.45, 2.75) is 33.6 Å². The SMILES string of the molecule is CCNC(=O)Nc1nc2cc(-c3cnc(N4CCC(C)(C(=O)O)CC4)nc3)cc(-c3cc(OCC)ccn3)c2s1. The summed E-state index contributed by atoms with van der Waals surface area (Å²) in [6, 6.07) is 7.35. The summed E-state index contributed by atoms with van der Waals surface area (Å²) in [4.78, 5) is 44.2. The Balaban J connectivity index is 1.49. The van der Waals surface area contributed by atoms with Crippen molar-refractivity contribution in [1.82, 2.24) is 25.3 Å². The Morgan fingerprint density at radius 3 is 2.52 bits per heavy atom. The van der Waals surface area contributed by atoms with Crippen LogP contribution in [-0.2, 0) is 4.79 Å². The number of pyridine rings is 1. The number of carboxylic acid groups (broad SMARTS) is 1. The van der Waals surface area contributed by atoms with Gasteiger partial charge >= 0.3 is 12.0 Å². The quantitative estimate of drug-likeness (QED) is 0.269. The first kappa shape index (κ1) is 27.3. The standard InChI is InChI=1S/C28H31N7O4S/c1-4-29-26(38)34-27-33-22-13-17(12-20(23(22)40-27)21-14-19(39-5-2)6-9-30-21)18-15-31-25(32-16-18)35-10-7-28(3,8-11-35)24(36)37/h6,9,12-16H,4-5,7-8,10-11H2,1-3H3,(H,36,37)(H2,29,33,34,38). The van der Waals surface area contributed by atoms with Crippen LogP contribution in [0.1, 0.15) is 33.6 Å². The molecule has 1 fully saturated rings. The second-order valence-corrected chi connectivity index (χ2v) is 10.8. The molecule has 5 rings (SSSR count). The van der Waals surface area contributed by atoms with Gasteiger partial charge in [0.15, 0.2) is 5.13 Å². The normalized spacial score (nSPS) is 14.6. The van der Waals surface area contributed by atoms with E-state index in [0.717, 1.165) is 27.1 Å². The van der Waals surface area contributed by atoms with Crippen molar-refractivity contribution in [2.24, 2.45) is 5.41 Å². The fourth-order valence-corrected chi connectivity index (χ4v) is 5.57. The van der Waals surface area contributed by atoms with E-state index in [4.69, 9.17) is 4.74 Å². The molecular formula is C28H31N7O4S. The number of rotatable bonds is 8. The third-order valence-electron chi connectivity index (χ3n) is 7.00. The Kier molecular flexibility index (Phi) is 7.78. The molecule has 4 heterocycles. The molecule has 0 unspecified atom stereocenters. The highest BCUT2D eigenvalue weighted by Gasteiger charge is 2.37. The Morgan fingerprint density at radius 1 is 1.10 bits per heavy atom. The molecule has 40 heavy (non-hydrogen) atoms. The summed E-state index contributed by atoms with van der Waals surface area (Å²) < 4.78 is 6.58. The summed E-state index contributed by atoms with van der Waals surface area (Å²) in [6.07, 6.45) is 6.32. The molecule has 1 aromatic carbocycles. The van der Waals surface area contributed by atoms with Crippen LogP contribution in [-0.4, -0.2) is 63.3 Å². The summed E-state index contributed by atoms with van der Waals surface area (Å²) in [5, 5.41) is 15.5. The van der Waals surface area contributed by atoms with E-state index >= 15 is 0 Å². The fourth-order valence-electron chi connectivity index (χ4n) is 4.61. The molecule has 1 aliphatic heterocycles. The summed E-state index contributed by atoms with van der Waals surface area (Å²) in [5.74, 6) is 0.525. The number of ether oxygens (including phenoxy) is 1. The number of nitrogens with one attached hydrogen (secondary N) is 2. The Labute approximate surface area is 235 Å². The molecule has 0 spiro atoms. The van der Waals surface area contributed by atoms with E-state index < -0.39 is 11.4 Å². The van der Waals surface area contributed by atoms with Gasteiger partial charge in [-0.25, -0.2) is 19.7 Å². The van der Waals surface area contributed by atoms with E-state index in [-0.39, 0.29) is 6.03 Å². The number of amides is 2. The third kappa shape index (κ3) is 5.67. The van der Waals surface area contributed by atoms with Gasteiger partial charge in [0.05, 0.1) is 27.9 Å². The predicted molar refractivity (Wildman–Crippen MR) is 155 cm³/mol. The number of carbonyl (C=O) groups excluding carboxylic acids is 1. The molecule has 0 aliphatic carbocycles. The summed E-state index contributed by atoms with van der Waals surface area (Å²) in [5.41, 5.74) is 3.22. The van der Waals surface area contributed by atoms with E-state index in [2.05, 4.69) is 30.6 Å². The van der Waals surface area contributed by atoms with E-state index in [1.807, 2.05) is 43.0 Å². The number of benzene rings is 1. The maximum atomic E-state index is 12.1. The van der Waals surface area contributed by atoms with Crippen molar-refractivity contribution in [2.75, 3.05) is 36.5 Å². The number of fused-ring (bicyclic) bond motifs is 1. The molecule has 4 aromatic rings. The maximum absolute atomic E-state index is 12.1. The molecule has 11 nitrogen and oxygen atoms in total. The van der Waals surface area contributed by atoms with Crippen LogP contribution >= 0.6 is 11.3 Å². The van der Waals surface area contributed by atoms with E-state index in [1.165, 1.54) is 11.3 Å². The number of thiazole rings is 1. The zero-order valence-electron chi connectivity index (χ0n) is 22.6. The zero-order chi connectivity index (χ0) is 28.3. The van der Waals surface area contributed by atoms with Gasteiger partial charge in [0.1, 0.15) is 5.75 Å². The van der Waals surface area contributed by atoms with Crippen LogP contribution in [0.2, 0.25) is 0 Å². The van der Waals surface area contributed by atoms with E-state index in [9.17, 15) is 14.7 Å². The van der Waals surface area contributed by atoms with Crippen molar-refractivity contribution >= 4 is 44.6 Å². The van der Waals surface area contributed by atoms with E-state index in [1.54, 1.807) is 25.5 Å². The van der Waals surface area contributed by atoms with Gasteiger partial charge in [0, 0.05) is 55.4 Å². The van der Waals surface area contributed by atoms with Gasteiger partial charge in [-0.15, -0.1) is 0 Å². The second-order valence-electron chi connectivity index (χ2n) is 9.81. The Hall–Kier alpha value is -4.32. The summed E-state index contributed by atoms with van der Waals surface area (Å²) in [7, 11) is 0. The minimum Gasteiger partial charge on any atom is -0.494 e. The number of urea groups is 1. The van der Waals surface area contributed by atoms with E-state index in [0.29, 0.717) is 61.4 Å². The minimum absolute atomic E-state index is 0.315. The number of hydrogen-bond donors (Lipinski definition) is 3. The predicted octanol–water partition coefficient (Wildman–Crippen LogP) is 5.05. The Bertz CT molecular complexity index is 1530.